The van der Waals surface area contributed by atoms with Gasteiger partial charge in [-0.2, -0.15) is 0 Å². The molecule has 0 aliphatic carbocycles. The molecule has 7 heteroatoms. The summed E-state index contributed by atoms with van der Waals surface area (Å²) in [5, 5.41) is 9.59. The van der Waals surface area contributed by atoms with E-state index in [1.807, 2.05) is 66.1 Å². The minimum Gasteiger partial charge on any atom is -0.466 e. The molecule has 2 rings (SSSR count). The second-order valence-corrected chi connectivity index (χ2v) is 5.79. The molecule has 0 fully saturated rings. The number of nitrogens with zero attached hydrogens (tertiary/aromatic N) is 1. The van der Waals surface area contributed by atoms with Gasteiger partial charge in [-0.3, -0.25) is 10.7 Å². The van der Waals surface area contributed by atoms with Crippen LogP contribution in [-0.4, -0.2) is 37.2 Å². The Labute approximate surface area is 163 Å². The zero-order valence-electron chi connectivity index (χ0n) is 15.7. The topological polar surface area (TPSA) is 97.2 Å². The van der Waals surface area contributed by atoms with Crippen molar-refractivity contribution in [3.63, 3.8) is 0 Å². The number of carbonyl (C=O) groups is 2. The lowest BCUT2D eigenvalue weighted by Crippen LogP contribution is -2.23. The normalized spacial score (nSPS) is 11.9. The number of esters is 2. The first kappa shape index (κ1) is 20.9. The van der Waals surface area contributed by atoms with Gasteiger partial charge in [0, 0.05) is 12.3 Å². The van der Waals surface area contributed by atoms with Crippen LogP contribution in [0.5, 0.6) is 0 Å². The first-order valence-corrected chi connectivity index (χ1v) is 8.54. The molecule has 2 N–H and O–H groups in total. The van der Waals surface area contributed by atoms with E-state index in [-0.39, 0.29) is 23.9 Å². The van der Waals surface area contributed by atoms with Gasteiger partial charge >= 0.3 is 11.9 Å². The van der Waals surface area contributed by atoms with E-state index in [1.165, 1.54) is 14.2 Å². The van der Waals surface area contributed by atoms with E-state index in [0.29, 0.717) is 0 Å². The lowest BCUT2D eigenvalue weighted by molar-refractivity contribution is -0.138. The minimum atomic E-state index is -0.825. The average molecular weight is 382 g/mol. The molecule has 0 aliphatic rings. The number of carbonyl (C=O) groups excluding carboxylic acids is 2. The van der Waals surface area contributed by atoms with Crippen molar-refractivity contribution < 1.29 is 24.3 Å². The largest absolute Gasteiger partial charge is 0.466 e. The number of hydrogen-bond acceptors (Lipinski definition) is 6. The second kappa shape index (κ2) is 10.6. The Balaban J connectivity index is 2.42. The number of amidine groups is 1. The zero-order chi connectivity index (χ0) is 20.4. The Hall–Kier alpha value is -3.45. The van der Waals surface area contributed by atoms with Gasteiger partial charge < -0.3 is 9.47 Å². The van der Waals surface area contributed by atoms with E-state index < -0.39 is 11.9 Å². The molecular formula is C21H22N2O5. The van der Waals surface area contributed by atoms with Crippen molar-refractivity contribution in [2.45, 2.75) is 12.3 Å². The molecule has 0 saturated heterocycles. The highest BCUT2D eigenvalue weighted by molar-refractivity contribution is 5.99. The number of hydrogen-bond donors (Lipinski definition) is 2. The van der Waals surface area contributed by atoms with Crippen molar-refractivity contribution in [3.05, 3.63) is 83.6 Å². The van der Waals surface area contributed by atoms with Gasteiger partial charge in [-0.15, -0.1) is 0 Å². The molecule has 7 nitrogen and oxygen atoms in total. The number of methoxy groups -OCH3 is 2. The minimum absolute atomic E-state index is 0.0956. The second-order valence-electron chi connectivity index (χ2n) is 5.79. The van der Waals surface area contributed by atoms with Gasteiger partial charge in [0.25, 0.3) is 0 Å². The Morgan fingerprint density at radius 3 is 1.96 bits per heavy atom. The SMILES string of the molecule is COC(=O)/C=C(/N=C(CC(c1ccccc1)c1ccccc1)NO)C(=O)OC. The van der Waals surface area contributed by atoms with Gasteiger partial charge in [0.15, 0.2) is 5.70 Å². The van der Waals surface area contributed by atoms with E-state index >= 15 is 0 Å². The van der Waals surface area contributed by atoms with E-state index in [2.05, 4.69) is 14.5 Å². The number of nitrogens with one attached hydrogen (secondary N) is 1. The molecule has 0 atom stereocenters. The molecule has 2 aromatic carbocycles. The van der Waals surface area contributed by atoms with Gasteiger partial charge in [-0.1, -0.05) is 60.7 Å². The summed E-state index contributed by atoms with van der Waals surface area (Å²) in [6.07, 6.45) is 1.16. The molecule has 0 aliphatic heterocycles. The average Bonchev–Trinajstić information content (AvgIpc) is 2.76. The summed E-state index contributed by atoms with van der Waals surface area (Å²) in [4.78, 5) is 27.5. The summed E-state index contributed by atoms with van der Waals surface area (Å²) in [6.45, 7) is 0. The summed E-state index contributed by atoms with van der Waals surface area (Å²) < 4.78 is 9.18. The van der Waals surface area contributed by atoms with Gasteiger partial charge in [-0.05, 0) is 11.1 Å². The van der Waals surface area contributed by atoms with Crippen LogP contribution >= 0.6 is 0 Å². The predicted octanol–water partition coefficient (Wildman–Crippen LogP) is 2.82. The fourth-order valence-electron chi connectivity index (χ4n) is 2.67. The van der Waals surface area contributed by atoms with E-state index in [9.17, 15) is 14.8 Å². The van der Waals surface area contributed by atoms with Gasteiger partial charge in [0.05, 0.1) is 20.3 Å². The fraction of sp³-hybridized carbons (Fsp3) is 0.190. The molecule has 0 radical (unpaired) electrons. The van der Waals surface area contributed by atoms with Crippen LogP contribution in [0, 0.1) is 0 Å². The van der Waals surface area contributed by atoms with E-state index in [4.69, 9.17) is 0 Å². The molecule has 28 heavy (non-hydrogen) atoms. The van der Waals surface area contributed by atoms with Gasteiger partial charge in [-0.25, -0.2) is 14.6 Å². The monoisotopic (exact) mass is 382 g/mol. The smallest absolute Gasteiger partial charge is 0.356 e. The third-order valence-electron chi connectivity index (χ3n) is 4.04. The lowest BCUT2D eigenvalue weighted by atomic mass is 9.88. The van der Waals surface area contributed by atoms with E-state index in [1.54, 1.807) is 0 Å². The highest BCUT2D eigenvalue weighted by atomic mass is 16.5. The van der Waals surface area contributed by atoms with E-state index in [0.717, 1.165) is 17.2 Å². The predicted molar refractivity (Wildman–Crippen MR) is 104 cm³/mol. The van der Waals surface area contributed by atoms with Crippen molar-refractivity contribution in [2.75, 3.05) is 14.2 Å². The van der Waals surface area contributed by atoms with Crippen molar-refractivity contribution in [3.8, 4) is 0 Å². The van der Waals surface area contributed by atoms with Crippen LogP contribution in [0.3, 0.4) is 0 Å². The van der Waals surface area contributed by atoms with Crippen molar-refractivity contribution >= 4 is 17.8 Å². The molecule has 2 aromatic rings. The molecular weight excluding hydrogens is 360 g/mol. The lowest BCUT2D eigenvalue weighted by Gasteiger charge is -2.19. The number of aliphatic imine (C=N–C) groups is 1. The third-order valence-corrected chi connectivity index (χ3v) is 4.04. The first-order valence-electron chi connectivity index (χ1n) is 8.54. The van der Waals surface area contributed by atoms with Gasteiger partial charge in [0.1, 0.15) is 5.84 Å². The highest BCUT2D eigenvalue weighted by Gasteiger charge is 2.19. The van der Waals surface area contributed by atoms with Crippen LogP contribution in [0.2, 0.25) is 0 Å². The van der Waals surface area contributed by atoms with Crippen molar-refractivity contribution in [1.82, 2.24) is 5.48 Å². The third kappa shape index (κ3) is 5.78. The summed E-state index contributed by atoms with van der Waals surface area (Å²) in [6, 6.07) is 19.4. The molecule has 0 unspecified atom stereocenters. The van der Waals surface area contributed by atoms with Crippen LogP contribution in [0.25, 0.3) is 0 Å². The van der Waals surface area contributed by atoms with Crippen molar-refractivity contribution in [1.29, 1.82) is 0 Å². The quantitative estimate of drug-likeness (QED) is 0.251. The highest BCUT2D eigenvalue weighted by Crippen LogP contribution is 2.28. The Kier molecular flexibility index (Phi) is 7.92. The molecule has 0 saturated carbocycles. The molecule has 0 aromatic heterocycles. The van der Waals surface area contributed by atoms with Crippen LogP contribution in [0.4, 0.5) is 0 Å². The standard InChI is InChI=1S/C21H22N2O5/c1-27-20(24)14-18(21(25)28-2)22-19(23-26)13-17(15-9-5-3-6-10-15)16-11-7-4-8-12-16/h3-12,14,17,26H,13H2,1-2H3,(H,22,23)/b18-14+. The van der Waals surface area contributed by atoms with Gasteiger partial charge in [0.2, 0.25) is 0 Å². The molecule has 146 valence electrons. The number of ether oxygens (including phenoxy) is 2. The molecule has 0 amide bonds. The Bertz CT molecular complexity index is 808. The first-order chi connectivity index (χ1) is 13.6. The molecule has 0 bridgehead atoms. The Morgan fingerprint density at radius 2 is 1.54 bits per heavy atom. The summed E-state index contributed by atoms with van der Waals surface area (Å²) in [7, 11) is 2.36. The molecule has 0 heterocycles. The van der Waals surface area contributed by atoms with Crippen LogP contribution in [0.15, 0.2) is 77.4 Å². The zero-order valence-corrected chi connectivity index (χ0v) is 15.7. The summed E-state index contributed by atoms with van der Waals surface area (Å²) >= 11 is 0. The summed E-state index contributed by atoms with van der Waals surface area (Å²) in [5.41, 5.74) is 3.75. The number of benzene rings is 2. The Morgan fingerprint density at radius 1 is 1.00 bits per heavy atom. The molecule has 0 spiro atoms. The summed E-state index contributed by atoms with van der Waals surface area (Å²) in [5.74, 6) is -1.63. The fourth-order valence-corrected chi connectivity index (χ4v) is 2.67. The number of hydroxylamine groups is 1. The number of rotatable bonds is 7. The van der Waals surface area contributed by atoms with Crippen LogP contribution in [0.1, 0.15) is 23.5 Å². The van der Waals surface area contributed by atoms with Crippen LogP contribution < -0.4 is 5.48 Å². The van der Waals surface area contributed by atoms with Crippen LogP contribution in [-0.2, 0) is 19.1 Å². The van der Waals surface area contributed by atoms with Crippen molar-refractivity contribution in [2.24, 2.45) is 4.99 Å². The maximum absolute atomic E-state index is 11.9. The maximum Gasteiger partial charge on any atom is 0.356 e. The maximum atomic E-state index is 11.9.